The highest BCUT2D eigenvalue weighted by Gasteiger charge is 2.28. The van der Waals surface area contributed by atoms with Crippen molar-refractivity contribution in [3.63, 3.8) is 0 Å². The van der Waals surface area contributed by atoms with E-state index in [4.69, 9.17) is 0 Å². The zero-order valence-electron chi connectivity index (χ0n) is 44.5. The van der Waals surface area contributed by atoms with Crippen molar-refractivity contribution in [1.29, 1.82) is 0 Å². The number of allylic oxidation sites excluding steroid dienone is 4. The van der Waals surface area contributed by atoms with Gasteiger partial charge in [-0.3, -0.25) is 4.79 Å². The summed E-state index contributed by atoms with van der Waals surface area (Å²) >= 11 is 0. The molecule has 0 saturated heterocycles. The minimum Gasteiger partial charge on any atom is -0.394 e. The fourth-order valence-electron chi connectivity index (χ4n) is 9.50. The first-order chi connectivity index (χ1) is 32.5. The second-order valence-corrected chi connectivity index (χ2v) is 20.7. The third-order valence-electron chi connectivity index (χ3n) is 14.2. The van der Waals surface area contributed by atoms with Gasteiger partial charge in [0.25, 0.3) is 0 Å². The lowest BCUT2D eigenvalue weighted by Crippen LogP contribution is -2.53. The Hall–Kier alpha value is -1.21. The van der Waals surface area contributed by atoms with Crippen molar-refractivity contribution in [2.24, 2.45) is 0 Å². The van der Waals surface area contributed by atoms with Crippen molar-refractivity contribution in [3.8, 4) is 0 Å². The number of aliphatic hydroxyl groups is 4. The first kappa shape index (κ1) is 64.8. The molecule has 4 atom stereocenters. The van der Waals surface area contributed by atoms with Crippen molar-refractivity contribution < 1.29 is 25.2 Å². The predicted molar refractivity (Wildman–Crippen MR) is 288 cm³/mol. The molecule has 5 N–H and O–H groups in total. The first-order valence-electron chi connectivity index (χ1n) is 29.7. The number of aliphatic hydroxyl groups excluding tert-OH is 4. The topological polar surface area (TPSA) is 110 Å². The molecule has 4 unspecified atom stereocenters. The Bertz CT molecular complexity index is 1000. The van der Waals surface area contributed by atoms with Crippen LogP contribution < -0.4 is 5.32 Å². The highest BCUT2D eigenvalue weighted by molar-refractivity contribution is 5.80. The summed E-state index contributed by atoms with van der Waals surface area (Å²) in [6.07, 6.45) is 66.8. The minimum absolute atomic E-state index is 0.369. The van der Waals surface area contributed by atoms with E-state index in [1.54, 1.807) is 0 Å². The maximum absolute atomic E-state index is 12.6. The summed E-state index contributed by atoms with van der Waals surface area (Å²) in [4.78, 5) is 12.6. The van der Waals surface area contributed by atoms with Gasteiger partial charge in [0.2, 0.25) is 5.91 Å². The molecule has 0 aliphatic rings. The number of amides is 1. The Balaban J connectivity index is 3.61. The molecule has 0 radical (unpaired) electrons. The molecule has 0 spiro atoms. The average molecular weight is 933 g/mol. The van der Waals surface area contributed by atoms with Gasteiger partial charge in [-0.15, -0.1) is 0 Å². The molecule has 0 aliphatic carbocycles. The van der Waals surface area contributed by atoms with Gasteiger partial charge in [0.15, 0.2) is 0 Å². The highest BCUT2D eigenvalue weighted by Crippen LogP contribution is 2.18. The molecule has 0 aromatic carbocycles. The van der Waals surface area contributed by atoms with Crippen LogP contribution in [0.15, 0.2) is 24.3 Å². The molecule has 0 fully saturated rings. The Morgan fingerprint density at radius 3 is 0.955 bits per heavy atom. The van der Waals surface area contributed by atoms with Gasteiger partial charge in [0, 0.05) is 0 Å². The van der Waals surface area contributed by atoms with Crippen LogP contribution in [0.1, 0.15) is 322 Å². The minimum atomic E-state index is -1.26. The van der Waals surface area contributed by atoms with Gasteiger partial charge in [0.05, 0.1) is 18.8 Å². The predicted octanol–water partition coefficient (Wildman–Crippen LogP) is 17.4. The SMILES string of the molecule is CCCCCCCCCCC/C=C\C/C=C\CCCCCCCCCCCCCCC(O)C(=O)NC(CO)C(O)C(O)CCCCCCCCCCCCCCCCCCCCCCCC. The van der Waals surface area contributed by atoms with E-state index in [1.165, 1.54) is 250 Å². The van der Waals surface area contributed by atoms with Crippen molar-refractivity contribution in [1.82, 2.24) is 5.32 Å². The van der Waals surface area contributed by atoms with Crippen LogP contribution in [0, 0.1) is 0 Å². The summed E-state index contributed by atoms with van der Waals surface area (Å²) < 4.78 is 0. The third kappa shape index (κ3) is 47.8. The zero-order valence-corrected chi connectivity index (χ0v) is 44.5. The molecular weight excluding hydrogens is 815 g/mol. The van der Waals surface area contributed by atoms with Gasteiger partial charge in [-0.2, -0.15) is 0 Å². The number of hydrogen-bond acceptors (Lipinski definition) is 5. The summed E-state index contributed by atoms with van der Waals surface area (Å²) in [5.41, 5.74) is 0. The normalized spacial score (nSPS) is 13.8. The van der Waals surface area contributed by atoms with Gasteiger partial charge < -0.3 is 25.7 Å². The van der Waals surface area contributed by atoms with Crippen LogP contribution in [0.2, 0.25) is 0 Å². The summed E-state index contributed by atoms with van der Waals surface area (Å²) in [5.74, 6) is -0.580. The smallest absolute Gasteiger partial charge is 0.249 e. The Morgan fingerprint density at radius 1 is 0.379 bits per heavy atom. The summed E-state index contributed by atoms with van der Waals surface area (Å²) in [6, 6.07) is -0.986. The first-order valence-corrected chi connectivity index (χ1v) is 29.7. The van der Waals surface area contributed by atoms with Crippen LogP contribution in [-0.4, -0.2) is 57.3 Å². The van der Waals surface area contributed by atoms with E-state index < -0.39 is 36.9 Å². The quantitative estimate of drug-likeness (QED) is 0.0308. The molecule has 0 aliphatic heterocycles. The number of hydrogen-bond donors (Lipinski definition) is 5. The fraction of sp³-hybridized carbons (Fsp3) is 0.917. The van der Waals surface area contributed by atoms with E-state index in [-0.39, 0.29) is 0 Å². The maximum Gasteiger partial charge on any atom is 0.249 e. The van der Waals surface area contributed by atoms with Crippen molar-refractivity contribution in [3.05, 3.63) is 24.3 Å². The van der Waals surface area contributed by atoms with Crippen LogP contribution in [0.3, 0.4) is 0 Å². The second-order valence-electron chi connectivity index (χ2n) is 20.7. The number of unbranched alkanes of at least 4 members (excludes halogenated alkanes) is 42. The Labute approximate surface area is 412 Å². The Kier molecular flexibility index (Phi) is 53.7. The molecule has 6 nitrogen and oxygen atoms in total. The molecule has 6 heteroatoms. The molecule has 66 heavy (non-hydrogen) atoms. The van der Waals surface area contributed by atoms with Crippen LogP contribution >= 0.6 is 0 Å². The monoisotopic (exact) mass is 932 g/mol. The standard InChI is InChI=1S/C60H117NO5/c1-3-5-7-9-11-13-15-17-19-21-23-25-27-28-29-30-31-32-34-36-38-40-42-44-46-48-50-52-54-58(64)60(66)61-56(55-62)59(65)57(63)53-51-49-47-45-43-41-39-37-35-33-26-24-22-20-18-16-14-12-10-8-6-4-2/h23,25,28-29,56-59,62-65H,3-22,24,26-27,30-55H2,1-2H3,(H,61,66)/b25-23-,29-28-. The van der Waals surface area contributed by atoms with Gasteiger partial charge >= 0.3 is 0 Å². The van der Waals surface area contributed by atoms with E-state index >= 15 is 0 Å². The maximum atomic E-state index is 12.6. The molecule has 0 bridgehead atoms. The number of carbonyl (C=O) groups excluding carboxylic acids is 1. The van der Waals surface area contributed by atoms with Gasteiger partial charge in [-0.1, -0.05) is 301 Å². The lowest BCUT2D eigenvalue weighted by atomic mass is 9.99. The number of carbonyl (C=O) groups is 1. The molecule has 0 rings (SSSR count). The van der Waals surface area contributed by atoms with Gasteiger partial charge in [-0.25, -0.2) is 0 Å². The number of nitrogens with one attached hydrogen (secondary N) is 1. The van der Waals surface area contributed by atoms with Crippen LogP contribution in [0.5, 0.6) is 0 Å². The summed E-state index contributed by atoms with van der Waals surface area (Å²) in [6.45, 7) is 4.09. The highest BCUT2D eigenvalue weighted by atomic mass is 16.3. The van der Waals surface area contributed by atoms with Crippen molar-refractivity contribution in [2.75, 3.05) is 6.61 Å². The second kappa shape index (κ2) is 54.7. The van der Waals surface area contributed by atoms with Crippen molar-refractivity contribution >= 4 is 5.91 Å². The van der Waals surface area contributed by atoms with Crippen LogP contribution in [-0.2, 0) is 4.79 Å². The van der Waals surface area contributed by atoms with E-state index in [2.05, 4.69) is 43.5 Å². The molecule has 0 aromatic rings. The summed E-state index contributed by atoms with van der Waals surface area (Å²) in [7, 11) is 0. The van der Waals surface area contributed by atoms with E-state index in [0.29, 0.717) is 12.8 Å². The van der Waals surface area contributed by atoms with Crippen LogP contribution in [0.4, 0.5) is 0 Å². The van der Waals surface area contributed by atoms with Gasteiger partial charge in [0.1, 0.15) is 12.2 Å². The third-order valence-corrected chi connectivity index (χ3v) is 14.2. The largest absolute Gasteiger partial charge is 0.394 e. The molecule has 1 amide bonds. The molecular formula is C60H117NO5. The van der Waals surface area contributed by atoms with Crippen molar-refractivity contribution in [2.45, 2.75) is 346 Å². The molecule has 0 saturated carbocycles. The fourth-order valence-corrected chi connectivity index (χ4v) is 9.50. The number of rotatable bonds is 55. The Morgan fingerprint density at radius 2 is 0.652 bits per heavy atom. The molecule has 392 valence electrons. The van der Waals surface area contributed by atoms with Crippen LogP contribution in [0.25, 0.3) is 0 Å². The van der Waals surface area contributed by atoms with E-state index in [0.717, 1.165) is 44.9 Å². The van der Waals surface area contributed by atoms with E-state index in [9.17, 15) is 25.2 Å². The molecule has 0 aromatic heterocycles. The summed E-state index contributed by atoms with van der Waals surface area (Å²) in [5, 5.41) is 44.1. The molecule has 0 heterocycles. The average Bonchev–Trinajstić information content (AvgIpc) is 3.32. The lowest BCUT2D eigenvalue weighted by molar-refractivity contribution is -0.132. The lowest BCUT2D eigenvalue weighted by Gasteiger charge is -2.27. The zero-order chi connectivity index (χ0) is 48.1. The van der Waals surface area contributed by atoms with Gasteiger partial charge in [-0.05, 0) is 44.9 Å². The van der Waals surface area contributed by atoms with E-state index in [1.807, 2.05) is 0 Å².